The normalized spacial score (nSPS) is 18.7. The van der Waals surface area contributed by atoms with E-state index < -0.39 is 5.60 Å². The van der Waals surface area contributed by atoms with Crippen LogP contribution in [0.2, 0.25) is 0 Å². The molecule has 0 saturated carbocycles. The Morgan fingerprint density at radius 3 is 2.80 bits per heavy atom. The highest BCUT2D eigenvalue weighted by molar-refractivity contribution is 5.94. The third-order valence-corrected chi connectivity index (χ3v) is 5.70. The van der Waals surface area contributed by atoms with E-state index in [0.29, 0.717) is 31.6 Å². The van der Waals surface area contributed by atoms with Crippen molar-refractivity contribution in [2.45, 2.75) is 25.5 Å². The Morgan fingerprint density at radius 1 is 1.30 bits per heavy atom. The number of nitrogens with two attached hydrogens (primary N) is 1. The molecule has 156 valence electrons. The average molecular weight is 406 g/mol. The summed E-state index contributed by atoms with van der Waals surface area (Å²) in [5.41, 5.74) is 9.06. The van der Waals surface area contributed by atoms with E-state index in [4.69, 9.17) is 5.73 Å². The molecule has 3 heterocycles. The number of pyridine rings is 2. The predicted octanol–water partition coefficient (Wildman–Crippen LogP) is 2.11. The first-order valence-corrected chi connectivity index (χ1v) is 10.1. The van der Waals surface area contributed by atoms with Crippen LogP contribution in [0, 0.1) is 6.92 Å². The summed E-state index contributed by atoms with van der Waals surface area (Å²) in [6.07, 6.45) is 4.13. The van der Waals surface area contributed by atoms with E-state index in [1.54, 1.807) is 30.3 Å². The summed E-state index contributed by atoms with van der Waals surface area (Å²) in [6, 6.07) is 11.2. The van der Waals surface area contributed by atoms with Crippen molar-refractivity contribution in [1.82, 2.24) is 14.9 Å². The molecule has 1 saturated heterocycles. The zero-order chi connectivity index (χ0) is 21.3. The number of benzene rings is 1. The van der Waals surface area contributed by atoms with Gasteiger partial charge in [0.2, 0.25) is 0 Å². The van der Waals surface area contributed by atoms with Crippen LogP contribution in [0.25, 0.3) is 10.9 Å². The lowest BCUT2D eigenvalue weighted by atomic mass is 10.0. The molecule has 30 heavy (non-hydrogen) atoms. The summed E-state index contributed by atoms with van der Waals surface area (Å²) in [7, 11) is 1.73. The summed E-state index contributed by atoms with van der Waals surface area (Å²) < 4.78 is 0. The van der Waals surface area contributed by atoms with E-state index >= 15 is 0 Å². The molecule has 1 atom stereocenters. The number of hydrogen-bond acceptors (Lipinski definition) is 6. The average Bonchev–Trinajstić information content (AvgIpc) is 3.14. The lowest BCUT2D eigenvalue weighted by Crippen LogP contribution is -2.45. The van der Waals surface area contributed by atoms with Gasteiger partial charge < -0.3 is 20.6 Å². The topological polar surface area (TPSA) is 95.6 Å². The molecule has 1 aromatic carbocycles. The molecule has 3 N–H and O–H groups in total. The Labute approximate surface area is 176 Å². The molecule has 2 aromatic heterocycles. The number of anilines is 1. The SMILES string of the molecule is Cc1cc(N2CC[C@](O)(CN(C)C(=O)c3ccc(CN)cc3)C2)c2cnccc2n1. The Balaban J connectivity index is 1.49. The molecule has 7 nitrogen and oxygen atoms in total. The highest BCUT2D eigenvalue weighted by Crippen LogP contribution is 2.32. The van der Waals surface area contributed by atoms with Crippen molar-refractivity contribution in [1.29, 1.82) is 0 Å². The lowest BCUT2D eigenvalue weighted by molar-refractivity contribution is 0.0264. The van der Waals surface area contributed by atoms with E-state index in [1.807, 2.05) is 37.4 Å². The zero-order valence-electron chi connectivity index (χ0n) is 17.4. The van der Waals surface area contributed by atoms with Crippen molar-refractivity contribution in [3.63, 3.8) is 0 Å². The van der Waals surface area contributed by atoms with Gasteiger partial charge in [0.05, 0.1) is 12.1 Å². The second-order valence-corrected chi connectivity index (χ2v) is 8.13. The number of rotatable bonds is 5. The van der Waals surface area contributed by atoms with Crippen LogP contribution < -0.4 is 10.6 Å². The van der Waals surface area contributed by atoms with Gasteiger partial charge in [0.1, 0.15) is 5.60 Å². The molecule has 0 bridgehead atoms. The number of carbonyl (C=O) groups is 1. The molecule has 0 unspecified atom stereocenters. The van der Waals surface area contributed by atoms with Crippen LogP contribution in [0.1, 0.15) is 28.0 Å². The van der Waals surface area contributed by atoms with Gasteiger partial charge in [0, 0.05) is 61.4 Å². The minimum absolute atomic E-state index is 0.111. The molecular weight excluding hydrogens is 378 g/mol. The van der Waals surface area contributed by atoms with Crippen molar-refractivity contribution in [3.05, 3.63) is 65.6 Å². The zero-order valence-corrected chi connectivity index (χ0v) is 17.4. The van der Waals surface area contributed by atoms with Gasteiger partial charge in [-0.1, -0.05) is 12.1 Å². The largest absolute Gasteiger partial charge is 0.386 e. The highest BCUT2D eigenvalue weighted by atomic mass is 16.3. The number of aliphatic hydroxyl groups is 1. The molecule has 3 aromatic rings. The van der Waals surface area contributed by atoms with E-state index in [0.717, 1.165) is 27.8 Å². The number of aromatic nitrogens is 2. The molecular formula is C23H27N5O2. The minimum atomic E-state index is -0.979. The van der Waals surface area contributed by atoms with Crippen LogP contribution in [0.3, 0.4) is 0 Å². The highest BCUT2D eigenvalue weighted by Gasteiger charge is 2.38. The van der Waals surface area contributed by atoms with E-state index in [2.05, 4.69) is 14.9 Å². The molecule has 7 heteroatoms. The van der Waals surface area contributed by atoms with Crippen molar-refractivity contribution in [2.24, 2.45) is 5.73 Å². The van der Waals surface area contributed by atoms with Crippen LogP contribution >= 0.6 is 0 Å². The van der Waals surface area contributed by atoms with Gasteiger partial charge in [-0.15, -0.1) is 0 Å². The molecule has 1 amide bonds. The van der Waals surface area contributed by atoms with E-state index in [9.17, 15) is 9.90 Å². The van der Waals surface area contributed by atoms with Gasteiger partial charge in [0.25, 0.3) is 5.91 Å². The predicted molar refractivity (Wildman–Crippen MR) is 117 cm³/mol. The second kappa shape index (κ2) is 8.01. The maximum Gasteiger partial charge on any atom is 0.253 e. The number of hydrogen-bond donors (Lipinski definition) is 2. The van der Waals surface area contributed by atoms with Crippen LogP contribution in [0.15, 0.2) is 48.8 Å². The first-order chi connectivity index (χ1) is 14.4. The van der Waals surface area contributed by atoms with Gasteiger partial charge >= 0.3 is 0 Å². The molecule has 4 rings (SSSR count). The Kier molecular flexibility index (Phi) is 5.40. The number of nitrogens with zero attached hydrogens (tertiary/aromatic N) is 4. The van der Waals surface area contributed by atoms with Crippen LogP contribution in [0.5, 0.6) is 0 Å². The molecule has 1 aliphatic heterocycles. The summed E-state index contributed by atoms with van der Waals surface area (Å²) >= 11 is 0. The molecule has 1 aliphatic rings. The first kappa shape index (κ1) is 20.3. The lowest BCUT2D eigenvalue weighted by Gasteiger charge is -2.29. The number of likely N-dealkylation sites (N-methyl/N-ethyl adjacent to an activating group) is 1. The van der Waals surface area contributed by atoms with Crippen molar-refractivity contribution < 1.29 is 9.90 Å². The molecule has 0 spiro atoms. The van der Waals surface area contributed by atoms with Gasteiger partial charge in [-0.3, -0.25) is 14.8 Å². The van der Waals surface area contributed by atoms with Crippen LogP contribution in [-0.2, 0) is 6.54 Å². The Bertz CT molecular complexity index is 1070. The fourth-order valence-corrected chi connectivity index (χ4v) is 4.15. The number of aryl methyl sites for hydroxylation is 1. The maximum atomic E-state index is 12.8. The number of carbonyl (C=O) groups excluding carboxylic acids is 1. The van der Waals surface area contributed by atoms with E-state index in [1.165, 1.54) is 0 Å². The van der Waals surface area contributed by atoms with Gasteiger partial charge in [-0.25, -0.2) is 0 Å². The van der Waals surface area contributed by atoms with Gasteiger partial charge in [0.15, 0.2) is 0 Å². The van der Waals surface area contributed by atoms with Gasteiger partial charge in [-0.2, -0.15) is 0 Å². The third kappa shape index (κ3) is 3.99. The summed E-state index contributed by atoms with van der Waals surface area (Å²) in [6.45, 7) is 3.83. The third-order valence-electron chi connectivity index (χ3n) is 5.70. The first-order valence-electron chi connectivity index (χ1n) is 10.1. The standard InChI is InChI=1S/C23H27N5O2/c1-16-11-21(19-13-25-9-7-20(19)26-16)28-10-8-23(30,15-28)14-27(2)22(29)18-5-3-17(12-24)4-6-18/h3-7,9,11,13,30H,8,10,12,14-15,24H2,1-2H3/t23-/m0/s1. The van der Waals surface area contributed by atoms with Crippen LogP contribution in [0.4, 0.5) is 5.69 Å². The number of amides is 1. The second-order valence-electron chi connectivity index (χ2n) is 8.13. The summed E-state index contributed by atoms with van der Waals surface area (Å²) in [5, 5.41) is 12.2. The van der Waals surface area contributed by atoms with E-state index in [-0.39, 0.29) is 12.5 Å². The maximum absolute atomic E-state index is 12.8. The summed E-state index contributed by atoms with van der Waals surface area (Å²) in [4.78, 5) is 25.4. The molecule has 0 radical (unpaired) electrons. The monoisotopic (exact) mass is 405 g/mol. The van der Waals surface area contributed by atoms with Crippen molar-refractivity contribution >= 4 is 22.5 Å². The van der Waals surface area contributed by atoms with Crippen molar-refractivity contribution in [3.8, 4) is 0 Å². The molecule has 0 aliphatic carbocycles. The minimum Gasteiger partial charge on any atom is -0.386 e. The fourth-order valence-electron chi connectivity index (χ4n) is 4.15. The summed E-state index contributed by atoms with van der Waals surface area (Å²) in [5.74, 6) is -0.111. The number of fused-ring (bicyclic) bond motifs is 1. The Hall–Kier alpha value is -3.03. The fraction of sp³-hybridized carbons (Fsp3) is 0.348. The quantitative estimate of drug-likeness (QED) is 0.675. The van der Waals surface area contributed by atoms with Crippen molar-refractivity contribution in [2.75, 3.05) is 31.6 Å². The Morgan fingerprint density at radius 2 is 2.07 bits per heavy atom. The molecule has 1 fully saturated rings. The smallest absolute Gasteiger partial charge is 0.253 e. The van der Waals surface area contributed by atoms with Crippen LogP contribution in [-0.4, -0.2) is 58.2 Å². The van der Waals surface area contributed by atoms with Gasteiger partial charge in [-0.05, 0) is 43.2 Å². The number of β-amino-alcohol motifs (C(OH)–C–C–N with tert-alkyl or cyclic N) is 1.